The first-order valence-electron chi connectivity index (χ1n) is 9.56. The number of benzene rings is 3. The number of hydrogen-bond donors (Lipinski definition) is 1. The first kappa shape index (κ1) is 20.6. The molecule has 0 saturated carbocycles. The number of carbonyl (C=O) groups is 1. The standard InChI is InChI=1S/C24H20N2O4S/c1-16-7-13-19(14-8-16)31(28,29)26-22-15-23(24(27)21-6-4-3-5-20(21)22)25-17-9-11-18(30-2)12-10-17/h3-15,25H,1-2H3. The number of carbonyl (C=O) groups excluding carboxylic acids is 1. The number of ether oxygens (including phenoxy) is 1. The van der Waals surface area contributed by atoms with Crippen LogP contribution >= 0.6 is 0 Å². The Morgan fingerprint density at radius 1 is 0.871 bits per heavy atom. The van der Waals surface area contributed by atoms with Crippen molar-refractivity contribution in [2.45, 2.75) is 11.8 Å². The third kappa shape index (κ3) is 4.27. The minimum Gasteiger partial charge on any atom is -0.497 e. The highest BCUT2D eigenvalue weighted by Gasteiger charge is 2.26. The molecular weight excluding hydrogens is 412 g/mol. The molecule has 1 N–H and O–H groups in total. The van der Waals surface area contributed by atoms with E-state index in [1.54, 1.807) is 67.8 Å². The molecule has 4 rings (SSSR count). The summed E-state index contributed by atoms with van der Waals surface area (Å²) < 4.78 is 35.0. The summed E-state index contributed by atoms with van der Waals surface area (Å²) in [6.07, 6.45) is 1.47. The van der Waals surface area contributed by atoms with Crippen molar-refractivity contribution < 1.29 is 17.9 Å². The topological polar surface area (TPSA) is 84.8 Å². The van der Waals surface area contributed by atoms with Gasteiger partial charge in [-0.3, -0.25) is 4.79 Å². The molecule has 3 aromatic carbocycles. The Labute approximate surface area is 181 Å². The zero-order valence-electron chi connectivity index (χ0n) is 17.0. The summed E-state index contributed by atoms with van der Waals surface area (Å²) in [7, 11) is -2.38. The highest BCUT2D eigenvalue weighted by molar-refractivity contribution is 7.90. The highest BCUT2D eigenvalue weighted by Crippen LogP contribution is 2.26. The number of sulfonamides is 1. The second-order valence-electron chi connectivity index (χ2n) is 7.05. The van der Waals surface area contributed by atoms with E-state index in [-0.39, 0.29) is 22.1 Å². The summed E-state index contributed by atoms with van der Waals surface area (Å²) in [5.74, 6) is 0.449. The summed E-state index contributed by atoms with van der Waals surface area (Å²) in [5, 5.41) is 3.07. The molecular formula is C24H20N2O4S. The molecule has 1 aliphatic carbocycles. The van der Waals surface area contributed by atoms with E-state index in [1.165, 1.54) is 18.2 Å². The van der Waals surface area contributed by atoms with Gasteiger partial charge in [0.25, 0.3) is 10.0 Å². The van der Waals surface area contributed by atoms with Crippen molar-refractivity contribution >= 4 is 27.2 Å². The lowest BCUT2D eigenvalue weighted by Crippen LogP contribution is -2.22. The van der Waals surface area contributed by atoms with Crippen LogP contribution in [0.2, 0.25) is 0 Å². The van der Waals surface area contributed by atoms with Gasteiger partial charge in [-0.2, -0.15) is 12.8 Å². The van der Waals surface area contributed by atoms with Crippen LogP contribution in [0, 0.1) is 6.92 Å². The van der Waals surface area contributed by atoms with Crippen LogP contribution in [0.15, 0.2) is 93.9 Å². The van der Waals surface area contributed by atoms with Crippen LogP contribution in [0.25, 0.3) is 0 Å². The molecule has 0 aromatic heterocycles. The predicted molar refractivity (Wildman–Crippen MR) is 120 cm³/mol. The van der Waals surface area contributed by atoms with Gasteiger partial charge in [-0.1, -0.05) is 42.0 Å². The smallest absolute Gasteiger partial charge is 0.282 e. The molecule has 0 bridgehead atoms. The molecule has 1 aliphatic rings. The highest BCUT2D eigenvalue weighted by atomic mass is 32.2. The Hall–Kier alpha value is -3.71. The van der Waals surface area contributed by atoms with Crippen molar-refractivity contribution in [1.82, 2.24) is 0 Å². The monoisotopic (exact) mass is 432 g/mol. The van der Waals surface area contributed by atoms with Crippen molar-refractivity contribution in [3.05, 3.63) is 101 Å². The van der Waals surface area contributed by atoms with E-state index in [1.807, 2.05) is 6.92 Å². The largest absolute Gasteiger partial charge is 0.497 e. The van der Waals surface area contributed by atoms with Crippen LogP contribution in [0.1, 0.15) is 21.5 Å². The lowest BCUT2D eigenvalue weighted by Gasteiger charge is -2.19. The van der Waals surface area contributed by atoms with E-state index in [4.69, 9.17) is 4.74 Å². The zero-order valence-corrected chi connectivity index (χ0v) is 17.8. The molecule has 0 aliphatic heterocycles. The molecule has 3 aromatic rings. The fourth-order valence-electron chi connectivity index (χ4n) is 3.22. The van der Waals surface area contributed by atoms with Crippen LogP contribution in [0.3, 0.4) is 0 Å². The fourth-order valence-corrected chi connectivity index (χ4v) is 4.22. The summed E-state index contributed by atoms with van der Waals surface area (Å²) in [4.78, 5) is 13.1. The number of Topliss-reactive ketones (excluding diaryl/α,β-unsaturated/α-hetero) is 1. The Bertz CT molecular complexity index is 1310. The predicted octanol–water partition coefficient (Wildman–Crippen LogP) is 4.37. The third-order valence-electron chi connectivity index (χ3n) is 4.88. The molecule has 0 saturated heterocycles. The Morgan fingerprint density at radius 2 is 1.52 bits per heavy atom. The summed E-state index contributed by atoms with van der Waals surface area (Å²) in [6.45, 7) is 1.88. The average Bonchev–Trinajstić information content (AvgIpc) is 2.77. The summed E-state index contributed by atoms with van der Waals surface area (Å²) in [6, 6.07) is 20.4. The van der Waals surface area contributed by atoms with E-state index >= 15 is 0 Å². The molecule has 7 heteroatoms. The van der Waals surface area contributed by atoms with Crippen molar-refractivity contribution in [1.29, 1.82) is 0 Å². The molecule has 0 atom stereocenters. The van der Waals surface area contributed by atoms with Crippen LogP contribution in [0.5, 0.6) is 5.75 Å². The lowest BCUT2D eigenvalue weighted by molar-refractivity contribution is 0.103. The Balaban J connectivity index is 1.77. The molecule has 0 unspecified atom stereocenters. The number of methoxy groups -OCH3 is 1. The van der Waals surface area contributed by atoms with Gasteiger partial charge in [-0.05, 0) is 49.4 Å². The average molecular weight is 433 g/mol. The maximum atomic E-state index is 13.0. The lowest BCUT2D eigenvalue weighted by atomic mass is 9.92. The first-order valence-corrected chi connectivity index (χ1v) is 11.0. The second kappa shape index (κ2) is 8.20. The normalized spacial score (nSPS) is 14.7. The van der Waals surface area contributed by atoms with Crippen molar-refractivity contribution in [2.75, 3.05) is 12.4 Å². The van der Waals surface area contributed by atoms with E-state index in [0.29, 0.717) is 22.6 Å². The van der Waals surface area contributed by atoms with Gasteiger partial charge < -0.3 is 10.1 Å². The SMILES string of the molecule is COc1ccc(NC2=CC(=NS(=O)(=O)c3ccc(C)cc3)c3ccccc3C2=O)cc1. The third-order valence-corrected chi connectivity index (χ3v) is 6.18. The number of nitrogens with zero attached hydrogens (tertiary/aromatic N) is 1. The van der Waals surface area contributed by atoms with Gasteiger partial charge in [-0.25, -0.2) is 0 Å². The van der Waals surface area contributed by atoms with Crippen LogP contribution in [0.4, 0.5) is 5.69 Å². The van der Waals surface area contributed by atoms with Gasteiger partial charge in [0.15, 0.2) is 0 Å². The molecule has 6 nitrogen and oxygen atoms in total. The second-order valence-corrected chi connectivity index (χ2v) is 8.65. The number of ketones is 1. The van der Waals surface area contributed by atoms with Crippen molar-refractivity contribution in [2.24, 2.45) is 4.40 Å². The maximum absolute atomic E-state index is 13.0. The van der Waals surface area contributed by atoms with Gasteiger partial charge in [0.2, 0.25) is 5.78 Å². The van der Waals surface area contributed by atoms with E-state index in [9.17, 15) is 13.2 Å². The van der Waals surface area contributed by atoms with Crippen molar-refractivity contribution in [3.8, 4) is 5.75 Å². The first-order chi connectivity index (χ1) is 14.9. The number of fused-ring (bicyclic) bond motifs is 1. The minimum absolute atomic E-state index is 0.0954. The zero-order chi connectivity index (χ0) is 22.0. The number of aryl methyl sites for hydroxylation is 1. The van der Waals surface area contributed by atoms with Crippen LogP contribution in [-0.2, 0) is 10.0 Å². The van der Waals surface area contributed by atoms with Gasteiger partial charge in [0.05, 0.1) is 23.4 Å². The van der Waals surface area contributed by atoms with Gasteiger partial charge >= 0.3 is 0 Å². The van der Waals surface area contributed by atoms with Gasteiger partial charge in [0.1, 0.15) is 5.75 Å². The Morgan fingerprint density at radius 3 is 2.16 bits per heavy atom. The fraction of sp³-hybridized carbons (Fsp3) is 0.0833. The molecule has 0 fully saturated rings. The molecule has 156 valence electrons. The number of rotatable bonds is 5. The number of nitrogens with one attached hydrogen (secondary N) is 1. The molecule has 31 heavy (non-hydrogen) atoms. The summed E-state index contributed by atoms with van der Waals surface area (Å²) in [5.41, 5.74) is 2.92. The minimum atomic E-state index is -3.95. The van der Waals surface area contributed by atoms with Gasteiger partial charge in [0, 0.05) is 16.8 Å². The molecule has 0 amide bonds. The Kier molecular flexibility index (Phi) is 5.44. The number of anilines is 1. The maximum Gasteiger partial charge on any atom is 0.282 e. The molecule has 0 spiro atoms. The van der Waals surface area contributed by atoms with Crippen LogP contribution < -0.4 is 10.1 Å². The summed E-state index contributed by atoms with van der Waals surface area (Å²) >= 11 is 0. The molecule has 0 radical (unpaired) electrons. The molecule has 0 heterocycles. The quantitative estimate of drug-likeness (QED) is 0.647. The van der Waals surface area contributed by atoms with E-state index in [0.717, 1.165) is 5.56 Å². The van der Waals surface area contributed by atoms with Crippen LogP contribution in [-0.4, -0.2) is 27.0 Å². The van der Waals surface area contributed by atoms with E-state index in [2.05, 4.69) is 9.71 Å². The number of allylic oxidation sites excluding steroid dienone is 2. The van der Waals surface area contributed by atoms with Gasteiger partial charge in [-0.15, -0.1) is 0 Å². The number of hydrogen-bond acceptors (Lipinski definition) is 5. The van der Waals surface area contributed by atoms with E-state index < -0.39 is 10.0 Å². The van der Waals surface area contributed by atoms with Crippen molar-refractivity contribution in [3.63, 3.8) is 0 Å².